The molecule has 0 aromatic carbocycles. The summed E-state index contributed by atoms with van der Waals surface area (Å²) in [5.41, 5.74) is 5.79. The lowest BCUT2D eigenvalue weighted by Crippen LogP contribution is -2.51. The topological polar surface area (TPSA) is 46.3 Å². The molecule has 1 amide bonds. The second-order valence-electron chi connectivity index (χ2n) is 5.35. The summed E-state index contributed by atoms with van der Waals surface area (Å²) in [5, 5.41) is 0. The van der Waals surface area contributed by atoms with Crippen LogP contribution in [-0.4, -0.2) is 41.4 Å². The molecule has 4 heteroatoms. The highest BCUT2D eigenvalue weighted by Gasteiger charge is 2.45. The van der Waals surface area contributed by atoms with Crippen LogP contribution in [0, 0.1) is 5.41 Å². The molecular formula is C12H22N2OS. The van der Waals surface area contributed by atoms with E-state index in [9.17, 15) is 4.79 Å². The molecule has 1 saturated heterocycles. The summed E-state index contributed by atoms with van der Waals surface area (Å²) >= 11 is 1.95. The Labute approximate surface area is 102 Å². The average molecular weight is 242 g/mol. The minimum Gasteiger partial charge on any atom is -0.341 e. The van der Waals surface area contributed by atoms with Gasteiger partial charge in [0, 0.05) is 24.9 Å². The summed E-state index contributed by atoms with van der Waals surface area (Å²) in [6, 6.07) is 0.485. The van der Waals surface area contributed by atoms with Gasteiger partial charge in [-0.2, -0.15) is 11.8 Å². The molecule has 3 unspecified atom stereocenters. The Balaban J connectivity index is 2.05. The van der Waals surface area contributed by atoms with Crippen LogP contribution in [0.3, 0.4) is 0 Å². The van der Waals surface area contributed by atoms with Crippen LogP contribution < -0.4 is 5.73 Å². The highest BCUT2D eigenvalue weighted by Crippen LogP contribution is 2.39. The first kappa shape index (κ1) is 12.2. The highest BCUT2D eigenvalue weighted by atomic mass is 32.2. The van der Waals surface area contributed by atoms with Gasteiger partial charge in [-0.15, -0.1) is 0 Å². The van der Waals surface area contributed by atoms with Crippen molar-refractivity contribution in [3.05, 3.63) is 0 Å². The van der Waals surface area contributed by atoms with Crippen molar-refractivity contribution in [1.82, 2.24) is 4.90 Å². The lowest BCUT2D eigenvalue weighted by atomic mass is 9.83. The lowest BCUT2D eigenvalue weighted by molar-refractivity contribution is -0.142. The van der Waals surface area contributed by atoms with Gasteiger partial charge in [0.25, 0.3) is 0 Å². The molecule has 2 aliphatic rings. The second kappa shape index (κ2) is 4.57. The van der Waals surface area contributed by atoms with Crippen molar-refractivity contribution in [2.75, 3.05) is 18.6 Å². The predicted octanol–water partition coefficient (Wildman–Crippen LogP) is 1.47. The second-order valence-corrected chi connectivity index (χ2v) is 6.50. The molecule has 3 atom stereocenters. The van der Waals surface area contributed by atoms with Crippen LogP contribution in [0.2, 0.25) is 0 Å². The number of rotatable bonds is 2. The van der Waals surface area contributed by atoms with Gasteiger partial charge in [0.05, 0.1) is 5.41 Å². The molecule has 1 aliphatic carbocycles. The van der Waals surface area contributed by atoms with E-state index in [1.165, 1.54) is 5.75 Å². The van der Waals surface area contributed by atoms with E-state index in [-0.39, 0.29) is 17.4 Å². The Morgan fingerprint density at radius 2 is 2.25 bits per heavy atom. The monoisotopic (exact) mass is 242 g/mol. The van der Waals surface area contributed by atoms with Crippen molar-refractivity contribution in [2.45, 2.75) is 44.7 Å². The summed E-state index contributed by atoms with van der Waals surface area (Å²) in [4.78, 5) is 14.5. The minimum absolute atomic E-state index is 0.0523. The fourth-order valence-corrected chi connectivity index (χ4v) is 4.12. The summed E-state index contributed by atoms with van der Waals surface area (Å²) in [5.74, 6) is 2.54. The predicted molar refractivity (Wildman–Crippen MR) is 68.4 cm³/mol. The smallest absolute Gasteiger partial charge is 0.230 e. The molecule has 0 bridgehead atoms. The third-order valence-corrected chi connectivity index (χ3v) is 5.44. The van der Waals surface area contributed by atoms with Crippen molar-refractivity contribution in [3.63, 3.8) is 0 Å². The first-order valence-electron chi connectivity index (χ1n) is 6.16. The van der Waals surface area contributed by atoms with E-state index in [1.54, 1.807) is 0 Å². The van der Waals surface area contributed by atoms with Gasteiger partial charge in [-0.3, -0.25) is 4.79 Å². The Morgan fingerprint density at radius 3 is 2.75 bits per heavy atom. The van der Waals surface area contributed by atoms with Crippen molar-refractivity contribution >= 4 is 17.7 Å². The average Bonchev–Trinajstić information content (AvgIpc) is 2.88. The van der Waals surface area contributed by atoms with E-state index in [0.29, 0.717) is 6.04 Å². The van der Waals surface area contributed by atoms with E-state index in [1.807, 2.05) is 30.6 Å². The minimum atomic E-state index is -0.304. The van der Waals surface area contributed by atoms with E-state index >= 15 is 0 Å². The Morgan fingerprint density at radius 1 is 1.50 bits per heavy atom. The van der Waals surface area contributed by atoms with Crippen LogP contribution in [0.5, 0.6) is 0 Å². The molecule has 1 aliphatic heterocycles. The van der Waals surface area contributed by atoms with Crippen LogP contribution >= 0.6 is 11.8 Å². The third kappa shape index (κ3) is 1.97. The normalized spacial score (nSPS) is 38.9. The fraction of sp³-hybridized carbons (Fsp3) is 0.917. The maximum absolute atomic E-state index is 12.5. The molecule has 3 nitrogen and oxygen atoms in total. The zero-order valence-electron chi connectivity index (χ0n) is 10.2. The highest BCUT2D eigenvalue weighted by molar-refractivity contribution is 7.99. The van der Waals surface area contributed by atoms with Crippen molar-refractivity contribution in [3.8, 4) is 0 Å². The van der Waals surface area contributed by atoms with Crippen LogP contribution in [0.4, 0.5) is 0 Å². The molecule has 0 aromatic heterocycles. The molecule has 92 valence electrons. The number of thioether (sulfide) groups is 1. The number of carbonyl (C=O) groups is 1. The summed E-state index contributed by atoms with van der Waals surface area (Å²) in [7, 11) is 1.95. The van der Waals surface area contributed by atoms with Gasteiger partial charge < -0.3 is 10.6 Å². The summed E-state index contributed by atoms with van der Waals surface area (Å²) in [6.07, 6.45) is 4.18. The molecule has 2 fully saturated rings. The summed E-state index contributed by atoms with van der Waals surface area (Å²) < 4.78 is 0. The molecule has 2 rings (SSSR count). The van der Waals surface area contributed by atoms with Crippen LogP contribution in [0.15, 0.2) is 0 Å². The zero-order chi connectivity index (χ0) is 11.8. The largest absolute Gasteiger partial charge is 0.341 e. The van der Waals surface area contributed by atoms with E-state index < -0.39 is 0 Å². The van der Waals surface area contributed by atoms with Gasteiger partial charge in [0.2, 0.25) is 5.91 Å². The SMILES string of the molecule is CN(C(=O)C1(C)CCCC1N)C1CCSC1. The Hall–Kier alpha value is -0.220. The number of amides is 1. The molecule has 0 aromatic rings. The summed E-state index contributed by atoms with van der Waals surface area (Å²) in [6.45, 7) is 2.05. The van der Waals surface area contributed by atoms with Gasteiger partial charge in [-0.05, 0) is 31.9 Å². The standard InChI is InChI=1S/C12H22N2OS/c1-12(6-3-4-10(12)13)11(15)14(2)9-5-7-16-8-9/h9-10H,3-8,13H2,1-2H3. The van der Waals surface area contributed by atoms with Crippen molar-refractivity contribution < 1.29 is 4.79 Å². The van der Waals surface area contributed by atoms with Gasteiger partial charge in [0.1, 0.15) is 0 Å². The number of hydrogen-bond donors (Lipinski definition) is 1. The first-order valence-corrected chi connectivity index (χ1v) is 7.32. The number of nitrogens with two attached hydrogens (primary N) is 1. The molecule has 16 heavy (non-hydrogen) atoms. The quantitative estimate of drug-likeness (QED) is 0.797. The van der Waals surface area contributed by atoms with Crippen molar-refractivity contribution in [2.24, 2.45) is 11.1 Å². The molecule has 0 spiro atoms. The van der Waals surface area contributed by atoms with E-state index in [4.69, 9.17) is 5.73 Å². The lowest BCUT2D eigenvalue weighted by Gasteiger charge is -2.35. The number of carbonyl (C=O) groups excluding carboxylic acids is 1. The van der Waals surface area contributed by atoms with Gasteiger partial charge in [-0.1, -0.05) is 6.42 Å². The Kier molecular flexibility index (Phi) is 3.50. The molecule has 2 N–H and O–H groups in total. The van der Waals surface area contributed by atoms with E-state index in [2.05, 4.69) is 0 Å². The first-order chi connectivity index (χ1) is 7.55. The van der Waals surface area contributed by atoms with Crippen LogP contribution in [-0.2, 0) is 4.79 Å². The van der Waals surface area contributed by atoms with Gasteiger partial charge in [-0.25, -0.2) is 0 Å². The Bertz CT molecular complexity index is 278. The fourth-order valence-electron chi connectivity index (χ4n) is 2.85. The molecular weight excluding hydrogens is 220 g/mol. The van der Waals surface area contributed by atoms with Crippen LogP contribution in [0.1, 0.15) is 32.6 Å². The molecule has 0 radical (unpaired) electrons. The maximum atomic E-state index is 12.5. The van der Waals surface area contributed by atoms with Crippen LogP contribution in [0.25, 0.3) is 0 Å². The zero-order valence-corrected chi connectivity index (χ0v) is 11.1. The number of nitrogens with zero attached hydrogens (tertiary/aromatic N) is 1. The third-order valence-electron chi connectivity index (χ3n) is 4.29. The van der Waals surface area contributed by atoms with E-state index in [0.717, 1.165) is 31.4 Å². The van der Waals surface area contributed by atoms with Gasteiger partial charge in [0.15, 0.2) is 0 Å². The van der Waals surface area contributed by atoms with Crippen molar-refractivity contribution in [1.29, 1.82) is 0 Å². The maximum Gasteiger partial charge on any atom is 0.230 e. The molecule has 1 heterocycles. The van der Waals surface area contributed by atoms with Gasteiger partial charge >= 0.3 is 0 Å². The molecule has 1 saturated carbocycles. The number of hydrogen-bond acceptors (Lipinski definition) is 3.